The highest BCUT2D eigenvalue weighted by molar-refractivity contribution is 7.89. The minimum atomic E-state index is -3.47. The van der Waals surface area contributed by atoms with E-state index in [1.807, 2.05) is 6.92 Å². The van der Waals surface area contributed by atoms with Crippen molar-refractivity contribution in [1.82, 2.24) is 9.62 Å². The summed E-state index contributed by atoms with van der Waals surface area (Å²) in [6.45, 7) is 9.24. The van der Waals surface area contributed by atoms with E-state index in [1.165, 1.54) is 0 Å². The summed E-state index contributed by atoms with van der Waals surface area (Å²) in [5, 5.41) is 0. The van der Waals surface area contributed by atoms with Crippen LogP contribution in [-0.2, 0) is 10.0 Å². The molecule has 0 bridgehead atoms. The van der Waals surface area contributed by atoms with Gasteiger partial charge in [-0.25, -0.2) is 13.1 Å². The molecule has 5 nitrogen and oxygen atoms in total. The number of sulfonamides is 1. The molecule has 0 amide bonds. The van der Waals surface area contributed by atoms with Crippen molar-refractivity contribution < 1.29 is 13.2 Å². The summed E-state index contributed by atoms with van der Waals surface area (Å²) in [6.07, 6.45) is 1.81. The van der Waals surface area contributed by atoms with Crippen LogP contribution in [-0.4, -0.2) is 46.1 Å². The largest absolute Gasteiger partial charge is 0.497 e. The van der Waals surface area contributed by atoms with Gasteiger partial charge in [-0.15, -0.1) is 12.4 Å². The molecule has 1 N–H and O–H groups in total. The van der Waals surface area contributed by atoms with Gasteiger partial charge in [-0.2, -0.15) is 0 Å². The fraction of sp³-hybridized carbons (Fsp3) is 0.625. The zero-order chi connectivity index (χ0) is 16.6. The summed E-state index contributed by atoms with van der Waals surface area (Å²) >= 11 is 0. The molecular weight excluding hydrogens is 336 g/mol. The van der Waals surface area contributed by atoms with Crippen LogP contribution in [0.15, 0.2) is 29.2 Å². The molecule has 0 aliphatic carbocycles. The third-order valence-corrected chi connectivity index (χ3v) is 5.34. The second-order valence-corrected chi connectivity index (χ2v) is 7.08. The van der Waals surface area contributed by atoms with E-state index in [2.05, 4.69) is 23.5 Å². The second-order valence-electron chi connectivity index (χ2n) is 5.37. The average Bonchev–Trinajstić information content (AvgIpc) is 2.51. The summed E-state index contributed by atoms with van der Waals surface area (Å²) in [5.74, 6) is 0.645. The van der Waals surface area contributed by atoms with E-state index in [0.29, 0.717) is 5.75 Å². The van der Waals surface area contributed by atoms with Gasteiger partial charge in [-0.3, -0.25) is 0 Å². The van der Waals surface area contributed by atoms with Crippen LogP contribution in [0, 0.1) is 0 Å². The Morgan fingerprint density at radius 3 is 2.22 bits per heavy atom. The second kappa shape index (κ2) is 10.9. The van der Waals surface area contributed by atoms with Crippen molar-refractivity contribution in [2.75, 3.05) is 26.7 Å². The van der Waals surface area contributed by atoms with Crippen molar-refractivity contribution in [2.45, 2.75) is 44.6 Å². The molecule has 7 heteroatoms. The predicted molar refractivity (Wildman–Crippen MR) is 97.0 cm³/mol. The van der Waals surface area contributed by atoms with Crippen molar-refractivity contribution in [1.29, 1.82) is 0 Å². The van der Waals surface area contributed by atoms with E-state index < -0.39 is 10.0 Å². The molecular formula is C16H29ClN2O3S. The van der Waals surface area contributed by atoms with E-state index >= 15 is 0 Å². The number of rotatable bonds is 10. The molecule has 1 aromatic rings. The highest BCUT2D eigenvalue weighted by Crippen LogP contribution is 2.16. The van der Waals surface area contributed by atoms with E-state index in [1.54, 1.807) is 31.4 Å². The Hall–Kier alpha value is -0.820. The molecule has 134 valence electrons. The van der Waals surface area contributed by atoms with Crippen molar-refractivity contribution >= 4 is 22.4 Å². The number of ether oxygens (including phenoxy) is 1. The normalized spacial score (nSPS) is 12.7. The molecule has 0 radical (unpaired) electrons. The van der Waals surface area contributed by atoms with Gasteiger partial charge in [0.05, 0.1) is 12.0 Å². The van der Waals surface area contributed by atoms with E-state index in [0.717, 1.165) is 32.5 Å². The predicted octanol–water partition coefficient (Wildman–Crippen LogP) is 2.91. The molecule has 0 saturated carbocycles. The summed E-state index contributed by atoms with van der Waals surface area (Å²) < 4.78 is 32.4. The lowest BCUT2D eigenvalue weighted by Crippen LogP contribution is -2.33. The van der Waals surface area contributed by atoms with Gasteiger partial charge in [-0.05, 0) is 63.7 Å². The zero-order valence-corrected chi connectivity index (χ0v) is 16.0. The molecule has 1 unspecified atom stereocenters. The quantitative estimate of drug-likeness (QED) is 0.693. The minimum Gasteiger partial charge on any atom is -0.497 e. The van der Waals surface area contributed by atoms with Crippen LogP contribution in [0.25, 0.3) is 0 Å². The van der Waals surface area contributed by atoms with E-state index in [9.17, 15) is 8.42 Å². The third kappa shape index (κ3) is 7.52. The first-order valence-electron chi connectivity index (χ1n) is 7.81. The van der Waals surface area contributed by atoms with E-state index in [-0.39, 0.29) is 23.3 Å². The standard InChI is InChI=1S/C16H28N2O3S.ClH/c1-5-18(6-2)13-7-8-14(3)17-22(19,20)16-11-9-15(21-4)10-12-16;/h9-12,14,17H,5-8,13H2,1-4H3;1H. The first-order chi connectivity index (χ1) is 10.4. The number of nitrogens with zero attached hydrogens (tertiary/aromatic N) is 1. The van der Waals surface area contributed by atoms with Crippen molar-refractivity contribution in [2.24, 2.45) is 0 Å². The summed E-state index contributed by atoms with van der Waals surface area (Å²) in [5.41, 5.74) is 0. The average molecular weight is 365 g/mol. The van der Waals surface area contributed by atoms with Gasteiger partial charge in [0, 0.05) is 6.04 Å². The molecule has 0 heterocycles. The lowest BCUT2D eigenvalue weighted by atomic mass is 10.2. The Kier molecular flexibility index (Phi) is 10.5. The van der Waals surface area contributed by atoms with Crippen LogP contribution in [0.5, 0.6) is 5.75 Å². The van der Waals surface area contributed by atoms with Gasteiger partial charge in [0.25, 0.3) is 0 Å². The number of methoxy groups -OCH3 is 1. The topological polar surface area (TPSA) is 58.6 Å². The lowest BCUT2D eigenvalue weighted by molar-refractivity contribution is 0.293. The smallest absolute Gasteiger partial charge is 0.240 e. The van der Waals surface area contributed by atoms with Crippen LogP contribution in [0.3, 0.4) is 0 Å². The Balaban J connectivity index is 0.00000484. The number of hydrogen-bond acceptors (Lipinski definition) is 4. The summed E-state index contributed by atoms with van der Waals surface area (Å²) in [7, 11) is -1.91. The molecule has 0 aliphatic heterocycles. The lowest BCUT2D eigenvalue weighted by Gasteiger charge is -2.19. The highest BCUT2D eigenvalue weighted by Gasteiger charge is 2.17. The van der Waals surface area contributed by atoms with Crippen molar-refractivity contribution in [3.8, 4) is 5.75 Å². The van der Waals surface area contributed by atoms with Gasteiger partial charge in [-0.1, -0.05) is 13.8 Å². The third-order valence-electron chi connectivity index (χ3n) is 3.73. The molecule has 1 rings (SSSR count). The zero-order valence-electron chi connectivity index (χ0n) is 14.4. The Bertz CT molecular complexity index is 531. The summed E-state index contributed by atoms with van der Waals surface area (Å²) in [6, 6.07) is 6.34. The Labute approximate surface area is 146 Å². The molecule has 0 fully saturated rings. The Morgan fingerprint density at radius 2 is 1.74 bits per heavy atom. The van der Waals surface area contributed by atoms with Crippen LogP contribution in [0.1, 0.15) is 33.6 Å². The number of nitrogens with one attached hydrogen (secondary N) is 1. The maximum absolute atomic E-state index is 12.3. The fourth-order valence-electron chi connectivity index (χ4n) is 2.31. The Morgan fingerprint density at radius 1 is 1.17 bits per heavy atom. The SMILES string of the molecule is CCN(CC)CCCC(C)NS(=O)(=O)c1ccc(OC)cc1.Cl. The monoisotopic (exact) mass is 364 g/mol. The minimum absolute atomic E-state index is 0. The maximum Gasteiger partial charge on any atom is 0.240 e. The summed E-state index contributed by atoms with van der Waals surface area (Å²) in [4.78, 5) is 2.61. The number of hydrogen-bond donors (Lipinski definition) is 1. The number of benzene rings is 1. The molecule has 1 atom stereocenters. The maximum atomic E-state index is 12.3. The van der Waals surface area contributed by atoms with Gasteiger partial charge in [0.15, 0.2) is 0 Å². The van der Waals surface area contributed by atoms with Crippen molar-refractivity contribution in [3.05, 3.63) is 24.3 Å². The van der Waals surface area contributed by atoms with Crippen LogP contribution < -0.4 is 9.46 Å². The molecule has 0 aliphatic rings. The van der Waals surface area contributed by atoms with Gasteiger partial charge in [0.2, 0.25) is 10.0 Å². The molecule has 0 aromatic heterocycles. The molecule has 0 saturated heterocycles. The van der Waals surface area contributed by atoms with Crippen LogP contribution >= 0.6 is 12.4 Å². The van der Waals surface area contributed by atoms with Crippen molar-refractivity contribution in [3.63, 3.8) is 0 Å². The first kappa shape index (κ1) is 22.2. The molecule has 23 heavy (non-hydrogen) atoms. The van der Waals surface area contributed by atoms with Crippen LogP contribution in [0.2, 0.25) is 0 Å². The van der Waals surface area contributed by atoms with E-state index in [4.69, 9.17) is 4.74 Å². The van der Waals surface area contributed by atoms with Gasteiger partial charge < -0.3 is 9.64 Å². The first-order valence-corrected chi connectivity index (χ1v) is 9.30. The fourth-order valence-corrected chi connectivity index (χ4v) is 3.59. The highest BCUT2D eigenvalue weighted by atomic mass is 35.5. The van der Waals surface area contributed by atoms with Gasteiger partial charge >= 0.3 is 0 Å². The molecule has 0 spiro atoms. The number of halogens is 1. The molecule has 1 aromatic carbocycles. The van der Waals surface area contributed by atoms with Gasteiger partial charge in [0.1, 0.15) is 5.75 Å². The van der Waals surface area contributed by atoms with Crippen LogP contribution in [0.4, 0.5) is 0 Å².